The van der Waals surface area contributed by atoms with Gasteiger partial charge in [0.05, 0.1) is 21.7 Å². The van der Waals surface area contributed by atoms with Crippen LogP contribution < -0.4 is 5.32 Å². The fourth-order valence-corrected chi connectivity index (χ4v) is 4.86. The van der Waals surface area contributed by atoms with Crippen LogP contribution in [0.1, 0.15) is 23.0 Å². The number of nitrogens with one attached hydrogen (secondary N) is 1. The van der Waals surface area contributed by atoms with Crippen LogP contribution in [0.25, 0.3) is 0 Å². The minimum Gasteiger partial charge on any atom is -0.459 e. The Morgan fingerprint density at radius 3 is 2.38 bits per heavy atom. The highest BCUT2D eigenvalue weighted by atomic mass is 35.5. The third-order valence-corrected chi connectivity index (χ3v) is 7.12. The van der Waals surface area contributed by atoms with E-state index in [1.54, 1.807) is 0 Å². The van der Waals surface area contributed by atoms with Crippen LogP contribution in [0.2, 0.25) is 5.02 Å². The van der Waals surface area contributed by atoms with E-state index in [2.05, 4.69) is 5.32 Å². The largest absolute Gasteiger partial charge is 0.459 e. The van der Waals surface area contributed by atoms with E-state index < -0.39 is 49.5 Å². The SMILES string of the molecule is CC(NC(=O)c1ccco1)C(=O)N1CCN(S(=O)(=O)c2ccc(Cl)c(C(F)(F)F)c2)CC1. The van der Waals surface area contributed by atoms with Crippen LogP contribution in [0.4, 0.5) is 13.2 Å². The van der Waals surface area contributed by atoms with Gasteiger partial charge in [0, 0.05) is 26.2 Å². The number of alkyl halides is 3. The Kier molecular flexibility index (Phi) is 6.86. The molecule has 1 aromatic carbocycles. The lowest BCUT2D eigenvalue weighted by Crippen LogP contribution is -2.55. The number of piperazine rings is 1. The molecular formula is C19H19ClF3N3O5S. The van der Waals surface area contributed by atoms with Crippen molar-refractivity contribution in [2.24, 2.45) is 0 Å². The first-order chi connectivity index (χ1) is 14.9. The first-order valence-electron chi connectivity index (χ1n) is 9.41. The molecule has 1 fully saturated rings. The normalized spacial score (nSPS) is 16.6. The number of hydrogen-bond donors (Lipinski definition) is 1. The van der Waals surface area contributed by atoms with Crippen LogP contribution in [0.5, 0.6) is 0 Å². The summed E-state index contributed by atoms with van der Waals surface area (Å²) in [5.41, 5.74) is -1.24. The lowest BCUT2D eigenvalue weighted by Gasteiger charge is -2.35. The van der Waals surface area contributed by atoms with Crippen LogP contribution >= 0.6 is 11.6 Å². The number of nitrogens with zero attached hydrogens (tertiary/aromatic N) is 2. The molecular weight excluding hydrogens is 475 g/mol. The second-order valence-electron chi connectivity index (χ2n) is 7.04. The average Bonchev–Trinajstić information content (AvgIpc) is 3.27. The number of halogens is 4. The Bertz CT molecular complexity index is 1100. The maximum absolute atomic E-state index is 13.1. The molecule has 1 unspecified atom stereocenters. The van der Waals surface area contributed by atoms with Gasteiger partial charge in [0.15, 0.2) is 5.76 Å². The number of sulfonamides is 1. The fourth-order valence-electron chi connectivity index (χ4n) is 3.19. The Morgan fingerprint density at radius 2 is 1.81 bits per heavy atom. The molecule has 32 heavy (non-hydrogen) atoms. The zero-order valence-electron chi connectivity index (χ0n) is 16.7. The van der Waals surface area contributed by atoms with Crippen molar-refractivity contribution < 1.29 is 35.6 Å². The summed E-state index contributed by atoms with van der Waals surface area (Å²) in [6, 6.07) is 4.48. The van der Waals surface area contributed by atoms with Crippen LogP contribution in [0.3, 0.4) is 0 Å². The van der Waals surface area contributed by atoms with Crippen LogP contribution in [-0.4, -0.2) is 61.7 Å². The molecule has 0 spiro atoms. The predicted octanol–water partition coefficient (Wildman–Crippen LogP) is 2.60. The van der Waals surface area contributed by atoms with Crippen molar-refractivity contribution in [1.82, 2.24) is 14.5 Å². The van der Waals surface area contributed by atoms with E-state index in [9.17, 15) is 31.2 Å². The first kappa shape index (κ1) is 24.1. The number of hydrogen-bond acceptors (Lipinski definition) is 5. The third-order valence-electron chi connectivity index (χ3n) is 4.89. The lowest BCUT2D eigenvalue weighted by molar-refractivity contribution is -0.137. The summed E-state index contributed by atoms with van der Waals surface area (Å²) in [7, 11) is -4.22. The summed E-state index contributed by atoms with van der Waals surface area (Å²) >= 11 is 5.56. The van der Waals surface area contributed by atoms with Crippen molar-refractivity contribution in [1.29, 1.82) is 0 Å². The quantitative estimate of drug-likeness (QED) is 0.690. The van der Waals surface area contributed by atoms with Crippen molar-refractivity contribution in [3.05, 3.63) is 52.9 Å². The summed E-state index contributed by atoms with van der Waals surface area (Å²) < 4.78 is 70.8. The van der Waals surface area contributed by atoms with Gasteiger partial charge in [-0.15, -0.1) is 0 Å². The Labute approximate surface area is 187 Å². The number of rotatable bonds is 5. The van der Waals surface area contributed by atoms with Gasteiger partial charge in [-0.2, -0.15) is 17.5 Å². The third kappa shape index (κ3) is 5.08. The molecule has 3 rings (SSSR count). The van der Waals surface area contributed by atoms with E-state index >= 15 is 0 Å². The summed E-state index contributed by atoms with van der Waals surface area (Å²) in [6.45, 7) is 1.28. The molecule has 0 radical (unpaired) electrons. The van der Waals surface area contributed by atoms with Crippen molar-refractivity contribution >= 4 is 33.4 Å². The smallest absolute Gasteiger partial charge is 0.417 e. The molecule has 13 heteroatoms. The Hall–Kier alpha value is -2.57. The summed E-state index contributed by atoms with van der Waals surface area (Å²) in [4.78, 5) is 25.5. The predicted molar refractivity (Wildman–Crippen MR) is 107 cm³/mol. The lowest BCUT2D eigenvalue weighted by atomic mass is 10.2. The monoisotopic (exact) mass is 493 g/mol. The molecule has 0 saturated carbocycles. The second kappa shape index (κ2) is 9.12. The number of benzene rings is 1. The minimum absolute atomic E-state index is 0.0126. The molecule has 2 heterocycles. The molecule has 1 aromatic heterocycles. The number of carbonyl (C=O) groups excluding carboxylic acids is 2. The second-order valence-corrected chi connectivity index (χ2v) is 9.39. The molecule has 0 aliphatic carbocycles. The van der Waals surface area contributed by atoms with Crippen molar-refractivity contribution in [3.63, 3.8) is 0 Å². The van der Waals surface area contributed by atoms with E-state index in [0.717, 1.165) is 16.4 Å². The van der Waals surface area contributed by atoms with Gasteiger partial charge in [-0.1, -0.05) is 11.6 Å². The van der Waals surface area contributed by atoms with E-state index in [-0.39, 0.29) is 31.9 Å². The van der Waals surface area contributed by atoms with E-state index in [1.165, 1.54) is 30.2 Å². The summed E-state index contributed by atoms with van der Waals surface area (Å²) in [6.07, 6.45) is -3.48. The molecule has 8 nitrogen and oxygen atoms in total. The van der Waals surface area contributed by atoms with Crippen molar-refractivity contribution in [3.8, 4) is 0 Å². The highest BCUT2D eigenvalue weighted by Crippen LogP contribution is 2.36. The molecule has 0 bridgehead atoms. The van der Waals surface area contributed by atoms with Crippen molar-refractivity contribution in [2.45, 2.75) is 24.0 Å². The molecule has 2 aromatic rings. The Morgan fingerprint density at radius 1 is 1.16 bits per heavy atom. The van der Waals surface area contributed by atoms with Gasteiger partial charge >= 0.3 is 6.18 Å². The molecule has 1 aliphatic heterocycles. The van der Waals surface area contributed by atoms with E-state index in [4.69, 9.17) is 16.0 Å². The van der Waals surface area contributed by atoms with Gasteiger partial charge in [-0.05, 0) is 37.3 Å². The number of furan rings is 1. The first-order valence-corrected chi connectivity index (χ1v) is 11.2. The molecule has 2 amide bonds. The van der Waals surface area contributed by atoms with E-state index in [0.29, 0.717) is 6.07 Å². The topological polar surface area (TPSA) is 99.9 Å². The molecule has 1 aliphatic rings. The Balaban J connectivity index is 1.64. The maximum atomic E-state index is 13.1. The van der Waals surface area contributed by atoms with Gasteiger partial charge in [0.2, 0.25) is 15.9 Å². The van der Waals surface area contributed by atoms with E-state index in [1.807, 2.05) is 0 Å². The maximum Gasteiger partial charge on any atom is 0.417 e. The van der Waals surface area contributed by atoms with Crippen LogP contribution in [0.15, 0.2) is 45.9 Å². The highest BCUT2D eigenvalue weighted by Gasteiger charge is 2.37. The van der Waals surface area contributed by atoms with Crippen LogP contribution in [0, 0.1) is 0 Å². The average molecular weight is 494 g/mol. The van der Waals surface area contributed by atoms with Gasteiger partial charge in [0.1, 0.15) is 6.04 Å². The van der Waals surface area contributed by atoms with Gasteiger partial charge in [-0.3, -0.25) is 9.59 Å². The molecule has 1 N–H and O–H groups in total. The van der Waals surface area contributed by atoms with Gasteiger partial charge < -0.3 is 14.6 Å². The highest BCUT2D eigenvalue weighted by molar-refractivity contribution is 7.89. The van der Waals surface area contributed by atoms with Gasteiger partial charge in [-0.25, -0.2) is 8.42 Å². The summed E-state index contributed by atoms with van der Waals surface area (Å²) in [5, 5.41) is 1.90. The number of carbonyl (C=O) groups is 2. The fraction of sp³-hybridized carbons (Fsp3) is 0.368. The van der Waals surface area contributed by atoms with Crippen molar-refractivity contribution in [2.75, 3.05) is 26.2 Å². The number of amides is 2. The standard InChI is InChI=1S/C19H19ClF3N3O5S/c1-12(24-17(27)16-3-2-10-31-16)18(28)25-6-8-26(9-7-25)32(29,30)13-4-5-15(20)14(11-13)19(21,22)23/h2-5,10-12H,6-9H2,1H3,(H,24,27). The van der Waals surface area contributed by atoms with Gasteiger partial charge in [0.25, 0.3) is 5.91 Å². The zero-order chi connectivity index (χ0) is 23.7. The van der Waals surface area contributed by atoms with Crippen LogP contribution in [-0.2, 0) is 21.0 Å². The minimum atomic E-state index is -4.80. The molecule has 1 atom stereocenters. The summed E-state index contributed by atoms with van der Waals surface area (Å²) in [5.74, 6) is -0.949. The molecule has 174 valence electrons. The zero-order valence-corrected chi connectivity index (χ0v) is 18.3. The molecule has 1 saturated heterocycles.